The fourth-order valence-corrected chi connectivity index (χ4v) is 0.903. The van der Waals surface area contributed by atoms with E-state index < -0.39 is 12.0 Å². The lowest BCUT2D eigenvalue weighted by molar-refractivity contribution is -0.137. The normalized spacial score (nSPS) is 12.1. The molecular formula is C7H9ClN4O2. The van der Waals surface area contributed by atoms with E-state index in [0.717, 1.165) is 0 Å². The number of nitrogens with zero attached hydrogens (tertiary/aromatic N) is 2. The van der Waals surface area contributed by atoms with Crippen molar-refractivity contribution in [2.75, 3.05) is 11.1 Å². The molecule has 0 bridgehead atoms. The summed E-state index contributed by atoms with van der Waals surface area (Å²) in [5.74, 6) is -0.672. The van der Waals surface area contributed by atoms with Crippen LogP contribution in [0.15, 0.2) is 6.33 Å². The molecular weight excluding hydrogens is 208 g/mol. The molecule has 0 radical (unpaired) electrons. The molecule has 0 aromatic carbocycles. The number of nitrogens with two attached hydrogens (primary N) is 1. The van der Waals surface area contributed by atoms with Gasteiger partial charge in [-0.15, -0.1) is 0 Å². The molecule has 1 aromatic heterocycles. The van der Waals surface area contributed by atoms with Crippen LogP contribution in [-0.4, -0.2) is 27.1 Å². The first-order valence-electron chi connectivity index (χ1n) is 3.77. The molecule has 14 heavy (non-hydrogen) atoms. The fourth-order valence-electron chi connectivity index (χ4n) is 0.751. The molecule has 0 unspecified atom stereocenters. The first-order chi connectivity index (χ1) is 6.52. The zero-order chi connectivity index (χ0) is 10.7. The molecule has 0 aliphatic heterocycles. The van der Waals surface area contributed by atoms with Gasteiger partial charge in [-0.2, -0.15) is 0 Å². The number of nitrogen functional groups attached to an aromatic ring is 1. The second-order valence-corrected chi connectivity index (χ2v) is 3.00. The van der Waals surface area contributed by atoms with Crippen molar-refractivity contribution in [1.29, 1.82) is 0 Å². The van der Waals surface area contributed by atoms with Gasteiger partial charge in [-0.3, -0.25) is 4.79 Å². The minimum absolute atomic E-state index is 0.113. The van der Waals surface area contributed by atoms with Crippen LogP contribution in [0.25, 0.3) is 0 Å². The lowest BCUT2D eigenvalue weighted by Gasteiger charge is -2.11. The number of carboxylic acids is 1. The average Bonchev–Trinajstić information content (AvgIpc) is 2.12. The number of carbonyl (C=O) groups is 1. The zero-order valence-corrected chi connectivity index (χ0v) is 8.12. The monoisotopic (exact) mass is 216 g/mol. The van der Waals surface area contributed by atoms with Gasteiger partial charge in [0.05, 0.1) is 0 Å². The van der Waals surface area contributed by atoms with E-state index >= 15 is 0 Å². The number of nitrogens with one attached hydrogen (secondary N) is 1. The van der Waals surface area contributed by atoms with Crippen LogP contribution in [0.1, 0.15) is 6.92 Å². The molecule has 76 valence electrons. The van der Waals surface area contributed by atoms with Crippen molar-refractivity contribution in [3.8, 4) is 0 Å². The Balaban J connectivity index is 2.87. The maximum absolute atomic E-state index is 10.5. The number of rotatable bonds is 3. The number of anilines is 2. The van der Waals surface area contributed by atoms with Gasteiger partial charge < -0.3 is 16.2 Å². The van der Waals surface area contributed by atoms with Crippen LogP contribution in [0.4, 0.5) is 11.6 Å². The van der Waals surface area contributed by atoms with Crippen LogP contribution in [-0.2, 0) is 4.79 Å². The molecule has 0 saturated carbocycles. The Labute approximate surface area is 85.1 Å². The first-order valence-corrected chi connectivity index (χ1v) is 4.15. The topological polar surface area (TPSA) is 101 Å². The Morgan fingerprint density at radius 1 is 1.71 bits per heavy atom. The summed E-state index contributed by atoms with van der Waals surface area (Å²) < 4.78 is 0. The summed E-state index contributed by atoms with van der Waals surface area (Å²) in [5.41, 5.74) is 5.40. The minimum atomic E-state index is -1.00. The Hall–Kier alpha value is -1.56. The third-order valence-corrected chi connectivity index (χ3v) is 1.91. The van der Waals surface area contributed by atoms with Crippen LogP contribution in [0, 0.1) is 0 Å². The van der Waals surface area contributed by atoms with Crippen molar-refractivity contribution in [2.45, 2.75) is 13.0 Å². The molecule has 1 atom stereocenters. The van der Waals surface area contributed by atoms with E-state index in [9.17, 15) is 4.79 Å². The highest BCUT2D eigenvalue weighted by atomic mass is 35.5. The molecule has 0 fully saturated rings. The zero-order valence-electron chi connectivity index (χ0n) is 7.36. The summed E-state index contributed by atoms with van der Waals surface area (Å²) in [4.78, 5) is 17.9. The van der Waals surface area contributed by atoms with Crippen LogP contribution in [0.3, 0.4) is 0 Å². The molecule has 1 heterocycles. The molecule has 0 aliphatic carbocycles. The molecule has 1 rings (SSSR count). The minimum Gasteiger partial charge on any atom is -0.480 e. The molecule has 0 aliphatic rings. The Morgan fingerprint density at radius 3 is 2.93 bits per heavy atom. The number of hydrogen-bond acceptors (Lipinski definition) is 5. The second kappa shape index (κ2) is 4.10. The van der Waals surface area contributed by atoms with Gasteiger partial charge in [-0.1, -0.05) is 11.6 Å². The summed E-state index contributed by atoms with van der Waals surface area (Å²) in [5, 5.41) is 11.3. The number of halogens is 1. The average molecular weight is 217 g/mol. The lowest BCUT2D eigenvalue weighted by atomic mass is 10.3. The predicted molar refractivity (Wildman–Crippen MR) is 52.2 cm³/mol. The van der Waals surface area contributed by atoms with Gasteiger partial charge in [0.2, 0.25) is 0 Å². The van der Waals surface area contributed by atoms with Crippen molar-refractivity contribution in [2.24, 2.45) is 0 Å². The van der Waals surface area contributed by atoms with E-state index in [4.69, 9.17) is 22.4 Å². The van der Waals surface area contributed by atoms with Crippen LogP contribution < -0.4 is 11.1 Å². The standard InChI is InChI=1S/C7H9ClN4O2/c1-3(7(13)14)12-6-4(8)5(9)10-2-11-6/h2-3H,1H3,(H,13,14)(H3,9,10,11,12)/t3-/m0/s1. The summed E-state index contributed by atoms with van der Waals surface area (Å²) in [6, 6.07) is -0.790. The maximum Gasteiger partial charge on any atom is 0.325 e. The first kappa shape index (κ1) is 10.5. The smallest absolute Gasteiger partial charge is 0.325 e. The van der Waals surface area contributed by atoms with Crippen LogP contribution in [0.5, 0.6) is 0 Å². The van der Waals surface area contributed by atoms with Gasteiger partial charge in [0.25, 0.3) is 0 Å². The van der Waals surface area contributed by atoms with Crippen molar-refractivity contribution in [3.05, 3.63) is 11.3 Å². The molecule has 7 heteroatoms. The van der Waals surface area contributed by atoms with E-state index in [-0.39, 0.29) is 16.7 Å². The summed E-state index contributed by atoms with van der Waals surface area (Å²) >= 11 is 5.74. The van der Waals surface area contributed by atoms with E-state index in [2.05, 4.69) is 15.3 Å². The Kier molecular flexibility index (Phi) is 3.08. The summed E-state index contributed by atoms with van der Waals surface area (Å²) in [6.45, 7) is 1.47. The van der Waals surface area contributed by atoms with Crippen molar-refractivity contribution < 1.29 is 9.90 Å². The molecule has 4 N–H and O–H groups in total. The molecule has 0 spiro atoms. The quantitative estimate of drug-likeness (QED) is 0.684. The van der Waals surface area contributed by atoms with E-state index in [1.165, 1.54) is 13.3 Å². The van der Waals surface area contributed by atoms with Gasteiger partial charge in [-0.05, 0) is 6.92 Å². The van der Waals surface area contributed by atoms with Gasteiger partial charge >= 0.3 is 5.97 Å². The molecule has 6 nitrogen and oxygen atoms in total. The lowest BCUT2D eigenvalue weighted by Crippen LogP contribution is -2.26. The van der Waals surface area contributed by atoms with E-state index in [0.29, 0.717) is 0 Å². The molecule has 0 saturated heterocycles. The van der Waals surface area contributed by atoms with Gasteiger partial charge in [-0.25, -0.2) is 9.97 Å². The second-order valence-electron chi connectivity index (χ2n) is 2.63. The Morgan fingerprint density at radius 2 is 2.36 bits per heavy atom. The van der Waals surface area contributed by atoms with E-state index in [1.807, 2.05) is 0 Å². The highest BCUT2D eigenvalue weighted by Gasteiger charge is 2.14. The number of hydrogen-bond donors (Lipinski definition) is 3. The predicted octanol–water partition coefficient (Wildman–Crippen LogP) is 0.597. The van der Waals surface area contributed by atoms with Crippen LogP contribution in [0.2, 0.25) is 5.02 Å². The Bertz CT molecular complexity index is 358. The highest BCUT2D eigenvalue weighted by molar-refractivity contribution is 6.35. The van der Waals surface area contributed by atoms with Crippen LogP contribution >= 0.6 is 11.6 Å². The highest BCUT2D eigenvalue weighted by Crippen LogP contribution is 2.23. The summed E-state index contributed by atoms with van der Waals surface area (Å²) in [6.07, 6.45) is 1.21. The number of carboxylic acid groups (broad SMARTS) is 1. The van der Waals surface area contributed by atoms with E-state index in [1.54, 1.807) is 0 Å². The molecule has 1 aromatic rings. The van der Waals surface area contributed by atoms with Crippen molar-refractivity contribution in [3.63, 3.8) is 0 Å². The third kappa shape index (κ3) is 2.23. The summed E-state index contributed by atoms with van der Waals surface area (Å²) in [7, 11) is 0. The van der Waals surface area contributed by atoms with Gasteiger partial charge in [0.15, 0.2) is 5.82 Å². The SMILES string of the molecule is C[C@H](Nc1ncnc(N)c1Cl)C(=O)O. The molecule has 0 amide bonds. The van der Waals surface area contributed by atoms with Crippen molar-refractivity contribution in [1.82, 2.24) is 9.97 Å². The number of aliphatic carboxylic acids is 1. The van der Waals surface area contributed by atoms with Gasteiger partial charge in [0, 0.05) is 0 Å². The third-order valence-electron chi connectivity index (χ3n) is 1.54. The number of aromatic nitrogens is 2. The fraction of sp³-hybridized carbons (Fsp3) is 0.286. The van der Waals surface area contributed by atoms with Crippen molar-refractivity contribution >= 4 is 29.2 Å². The maximum atomic E-state index is 10.5. The van der Waals surface area contributed by atoms with Gasteiger partial charge in [0.1, 0.15) is 23.2 Å². The largest absolute Gasteiger partial charge is 0.480 e.